The lowest BCUT2D eigenvalue weighted by Gasteiger charge is -2.35. The highest BCUT2D eigenvalue weighted by atomic mass is 16.2. The van der Waals surface area contributed by atoms with Gasteiger partial charge in [-0.15, -0.1) is 0 Å². The van der Waals surface area contributed by atoms with E-state index in [0.29, 0.717) is 17.9 Å². The number of fused-ring (bicyclic) bond motifs is 1. The van der Waals surface area contributed by atoms with Crippen molar-refractivity contribution in [2.75, 3.05) is 37.9 Å². The fourth-order valence-corrected chi connectivity index (χ4v) is 2.82. The maximum Gasteiger partial charge on any atom is 0.256 e. The quantitative estimate of drug-likeness (QED) is 0.882. The van der Waals surface area contributed by atoms with Crippen molar-refractivity contribution in [3.05, 3.63) is 53.7 Å². The molecule has 0 saturated carbocycles. The van der Waals surface area contributed by atoms with E-state index in [9.17, 15) is 9.59 Å². The number of amides is 2. The van der Waals surface area contributed by atoms with E-state index < -0.39 is 0 Å². The third-order valence-corrected chi connectivity index (χ3v) is 3.99. The molecule has 1 aromatic heterocycles. The first-order chi connectivity index (χ1) is 12.0. The molecule has 2 heterocycles. The molecule has 1 aliphatic heterocycles. The average Bonchev–Trinajstić information content (AvgIpc) is 2.58. The smallest absolute Gasteiger partial charge is 0.256 e. The molecule has 2 amide bonds. The molecule has 7 heteroatoms. The molecule has 25 heavy (non-hydrogen) atoms. The zero-order valence-electron chi connectivity index (χ0n) is 14.5. The summed E-state index contributed by atoms with van der Waals surface area (Å²) >= 11 is 0. The molecule has 7 nitrogen and oxygen atoms in total. The van der Waals surface area contributed by atoms with Gasteiger partial charge >= 0.3 is 0 Å². The Bertz CT molecular complexity index is 788. The number of aromatic nitrogens is 1. The molecule has 0 bridgehead atoms. The van der Waals surface area contributed by atoms with Crippen molar-refractivity contribution in [2.24, 2.45) is 0 Å². The maximum atomic E-state index is 12.3. The molecule has 0 unspecified atom stereocenters. The molecule has 2 N–H and O–H groups in total. The van der Waals surface area contributed by atoms with Gasteiger partial charge in [0.1, 0.15) is 12.0 Å². The molecule has 3 rings (SSSR count). The summed E-state index contributed by atoms with van der Waals surface area (Å²) in [5.41, 5.74) is 2.20. The van der Waals surface area contributed by atoms with Crippen molar-refractivity contribution in [2.45, 2.75) is 6.17 Å². The number of benzene rings is 1. The molecule has 0 aliphatic carbocycles. The van der Waals surface area contributed by atoms with E-state index >= 15 is 0 Å². The lowest BCUT2D eigenvalue weighted by molar-refractivity contribution is -0.116. The minimum absolute atomic E-state index is 0.0704. The predicted octanol–water partition coefficient (Wildman–Crippen LogP) is 1.46. The van der Waals surface area contributed by atoms with Gasteiger partial charge in [-0.25, -0.2) is 4.98 Å². The van der Waals surface area contributed by atoms with Crippen LogP contribution in [0.15, 0.2) is 42.6 Å². The molecule has 130 valence electrons. The Morgan fingerprint density at radius 1 is 1.28 bits per heavy atom. The molecule has 1 aliphatic rings. The number of hydrogen-bond acceptors (Lipinski definition) is 5. The first-order valence-corrected chi connectivity index (χ1v) is 7.99. The highest BCUT2D eigenvalue weighted by Crippen LogP contribution is 2.30. The lowest BCUT2D eigenvalue weighted by Crippen LogP contribution is -2.45. The summed E-state index contributed by atoms with van der Waals surface area (Å²) < 4.78 is 0. The highest BCUT2D eigenvalue weighted by molar-refractivity contribution is 6.01. The summed E-state index contributed by atoms with van der Waals surface area (Å²) in [6.07, 6.45) is 1.37. The molecule has 1 atom stereocenters. The SMILES string of the molecule is CN(C)CC(=O)Nc1ccc([C@@H]2NC(=O)c3cccnc3N2C)cc1. The number of carbonyl (C=O) groups is 2. The summed E-state index contributed by atoms with van der Waals surface area (Å²) in [7, 11) is 5.58. The second-order valence-electron chi connectivity index (χ2n) is 6.27. The zero-order valence-corrected chi connectivity index (χ0v) is 14.5. The number of pyridine rings is 1. The fraction of sp³-hybridized carbons (Fsp3) is 0.278. The molecule has 1 aromatic carbocycles. The van der Waals surface area contributed by atoms with E-state index in [4.69, 9.17) is 0 Å². The third-order valence-electron chi connectivity index (χ3n) is 3.99. The van der Waals surface area contributed by atoms with Crippen LogP contribution in [0.5, 0.6) is 0 Å². The Morgan fingerprint density at radius 2 is 2.00 bits per heavy atom. The summed E-state index contributed by atoms with van der Waals surface area (Å²) in [6, 6.07) is 10.9. The highest BCUT2D eigenvalue weighted by Gasteiger charge is 2.30. The topological polar surface area (TPSA) is 77.6 Å². The van der Waals surface area contributed by atoms with E-state index in [-0.39, 0.29) is 18.0 Å². The molecule has 0 saturated heterocycles. The van der Waals surface area contributed by atoms with Crippen LogP contribution in [-0.4, -0.2) is 49.4 Å². The van der Waals surface area contributed by atoms with Crippen molar-refractivity contribution >= 4 is 23.3 Å². The summed E-state index contributed by atoms with van der Waals surface area (Å²) in [5.74, 6) is 0.438. The van der Waals surface area contributed by atoms with Gasteiger partial charge in [0.05, 0.1) is 12.1 Å². The van der Waals surface area contributed by atoms with Crippen molar-refractivity contribution in [1.29, 1.82) is 0 Å². The van der Waals surface area contributed by atoms with Gasteiger partial charge in [0.25, 0.3) is 5.91 Å². The van der Waals surface area contributed by atoms with Gasteiger partial charge in [-0.3, -0.25) is 9.59 Å². The van der Waals surface area contributed by atoms with E-state index in [1.807, 2.05) is 50.3 Å². The van der Waals surface area contributed by atoms with Gasteiger partial charge in [-0.2, -0.15) is 0 Å². The molecular weight excluding hydrogens is 318 g/mol. The number of anilines is 2. The van der Waals surface area contributed by atoms with Crippen molar-refractivity contribution in [3.8, 4) is 0 Å². The van der Waals surface area contributed by atoms with Crippen LogP contribution >= 0.6 is 0 Å². The molecule has 0 spiro atoms. The van der Waals surface area contributed by atoms with Gasteiger partial charge < -0.3 is 20.4 Å². The summed E-state index contributed by atoms with van der Waals surface area (Å²) in [5, 5.41) is 5.82. The van der Waals surface area contributed by atoms with E-state index in [1.165, 1.54) is 0 Å². The Labute approximate surface area is 146 Å². The summed E-state index contributed by atoms with van der Waals surface area (Å²) in [4.78, 5) is 32.2. The van der Waals surface area contributed by atoms with Gasteiger partial charge in [-0.1, -0.05) is 12.1 Å². The van der Waals surface area contributed by atoms with Gasteiger partial charge in [0.2, 0.25) is 5.91 Å². The van der Waals surface area contributed by atoms with Crippen LogP contribution in [0.2, 0.25) is 0 Å². The van der Waals surface area contributed by atoms with Gasteiger partial charge in [0.15, 0.2) is 0 Å². The fourth-order valence-electron chi connectivity index (χ4n) is 2.82. The van der Waals surface area contributed by atoms with Crippen LogP contribution in [-0.2, 0) is 4.79 Å². The first-order valence-electron chi connectivity index (χ1n) is 7.99. The second kappa shape index (κ2) is 6.90. The van der Waals surface area contributed by atoms with Crippen LogP contribution in [0.4, 0.5) is 11.5 Å². The van der Waals surface area contributed by atoms with Crippen LogP contribution in [0.3, 0.4) is 0 Å². The van der Waals surface area contributed by atoms with Gasteiger partial charge in [0, 0.05) is 18.9 Å². The number of rotatable bonds is 4. The molecular formula is C18H21N5O2. The van der Waals surface area contributed by atoms with Crippen LogP contribution in [0, 0.1) is 0 Å². The lowest BCUT2D eigenvalue weighted by atomic mass is 10.1. The van der Waals surface area contributed by atoms with Crippen molar-refractivity contribution in [3.63, 3.8) is 0 Å². The van der Waals surface area contributed by atoms with Gasteiger partial charge in [-0.05, 0) is 43.9 Å². The Hall–Kier alpha value is -2.93. The number of nitrogens with zero attached hydrogens (tertiary/aromatic N) is 3. The van der Waals surface area contributed by atoms with E-state index in [0.717, 1.165) is 11.3 Å². The minimum atomic E-state index is -0.304. The largest absolute Gasteiger partial charge is 0.335 e. The van der Waals surface area contributed by atoms with Crippen molar-refractivity contribution in [1.82, 2.24) is 15.2 Å². The summed E-state index contributed by atoms with van der Waals surface area (Å²) in [6.45, 7) is 0.325. The maximum absolute atomic E-state index is 12.3. The number of likely N-dealkylation sites (N-methyl/N-ethyl adjacent to an activating group) is 1. The number of hydrogen-bond donors (Lipinski definition) is 2. The van der Waals surface area contributed by atoms with Crippen LogP contribution < -0.4 is 15.5 Å². The molecule has 0 fully saturated rings. The number of nitrogens with one attached hydrogen (secondary N) is 2. The van der Waals surface area contributed by atoms with Crippen LogP contribution in [0.1, 0.15) is 22.1 Å². The number of carbonyl (C=O) groups excluding carboxylic acids is 2. The zero-order chi connectivity index (χ0) is 18.0. The van der Waals surface area contributed by atoms with Crippen molar-refractivity contribution < 1.29 is 9.59 Å². The standard InChI is InChI=1S/C18H21N5O2/c1-22(2)11-15(24)20-13-8-6-12(7-9-13)16-21-18(25)14-5-4-10-19-17(14)23(16)3/h4-10,16H,11H2,1-3H3,(H,20,24)(H,21,25)/t16-/m1/s1. The Morgan fingerprint density at radius 3 is 2.68 bits per heavy atom. The van der Waals surface area contributed by atoms with E-state index in [2.05, 4.69) is 15.6 Å². The van der Waals surface area contributed by atoms with E-state index in [1.54, 1.807) is 23.2 Å². The monoisotopic (exact) mass is 339 g/mol. The average molecular weight is 339 g/mol. The Kier molecular flexibility index (Phi) is 4.67. The molecule has 0 radical (unpaired) electrons. The predicted molar refractivity (Wildman–Crippen MR) is 96.5 cm³/mol. The Balaban J connectivity index is 1.77. The third kappa shape index (κ3) is 3.61. The second-order valence-corrected chi connectivity index (χ2v) is 6.27. The first kappa shape index (κ1) is 16.9. The molecule has 2 aromatic rings. The minimum Gasteiger partial charge on any atom is -0.335 e. The van der Waals surface area contributed by atoms with Crippen LogP contribution in [0.25, 0.3) is 0 Å². The normalized spacial score (nSPS) is 16.4.